The Morgan fingerprint density at radius 2 is 1.83 bits per heavy atom. The average Bonchev–Trinajstić information content (AvgIpc) is 2.98. The number of nitrogens with two attached hydrogens (primary N) is 1. The molecule has 0 aromatic carbocycles. The minimum Gasteiger partial charge on any atom is -0.368 e. The second-order valence-corrected chi connectivity index (χ2v) is 5.87. The summed E-state index contributed by atoms with van der Waals surface area (Å²) in [5, 5.41) is 0. The second kappa shape index (κ2) is 13.6. The minimum absolute atomic E-state index is 0.0209. The molecule has 2 unspecified atom stereocenters. The summed E-state index contributed by atoms with van der Waals surface area (Å²) in [6, 6.07) is -0.139. The molecular formula is C18H33N3O3. The van der Waals surface area contributed by atoms with Crippen LogP contribution in [0.25, 0.3) is 0 Å². The van der Waals surface area contributed by atoms with Gasteiger partial charge in [0.2, 0.25) is 5.91 Å². The maximum Gasteiger partial charge on any atom is 0.298 e. The van der Waals surface area contributed by atoms with E-state index < -0.39 is 0 Å². The summed E-state index contributed by atoms with van der Waals surface area (Å²) in [6.45, 7) is 10.8. The van der Waals surface area contributed by atoms with Gasteiger partial charge in [-0.3, -0.25) is 14.5 Å². The maximum absolute atomic E-state index is 11.1. The van der Waals surface area contributed by atoms with Crippen LogP contribution >= 0.6 is 0 Å². The molecule has 2 amide bonds. The van der Waals surface area contributed by atoms with Gasteiger partial charge in [-0.2, -0.15) is 0 Å². The SMILES string of the molecule is CC.CC#CC(=O)N1CCC(C=O)C1.CC(C)C(C(N)=O)N(C)C. The van der Waals surface area contributed by atoms with Gasteiger partial charge in [0.15, 0.2) is 0 Å². The standard InChI is InChI=1S/C9H11NO2.C7H16N2O.C2H6/c1-2-3-9(12)10-5-4-8(6-10)7-11;1-5(2)6(7(8)10)9(3)4;1-2/h7-8H,4-6H2,1H3;5-6H,1-4H3,(H2,8,10);1-2H3. The van der Waals surface area contributed by atoms with E-state index in [0.29, 0.717) is 13.1 Å². The van der Waals surface area contributed by atoms with Gasteiger partial charge in [0.1, 0.15) is 6.29 Å². The maximum atomic E-state index is 11.1. The molecule has 1 aliphatic rings. The molecule has 1 saturated heterocycles. The van der Waals surface area contributed by atoms with Crippen molar-refractivity contribution in [2.75, 3.05) is 27.2 Å². The molecule has 6 nitrogen and oxygen atoms in total. The average molecular weight is 339 g/mol. The van der Waals surface area contributed by atoms with Crippen LogP contribution in [-0.2, 0) is 14.4 Å². The molecule has 138 valence electrons. The number of amides is 2. The Morgan fingerprint density at radius 1 is 1.29 bits per heavy atom. The first-order valence-corrected chi connectivity index (χ1v) is 8.37. The first-order valence-electron chi connectivity index (χ1n) is 8.37. The lowest BCUT2D eigenvalue weighted by molar-refractivity contribution is -0.125. The summed E-state index contributed by atoms with van der Waals surface area (Å²) < 4.78 is 0. The third kappa shape index (κ3) is 9.31. The van der Waals surface area contributed by atoms with Crippen molar-refractivity contribution in [2.24, 2.45) is 17.6 Å². The van der Waals surface area contributed by atoms with Crippen LogP contribution in [0.4, 0.5) is 0 Å². The summed E-state index contributed by atoms with van der Waals surface area (Å²) in [5.74, 6) is 4.89. The number of rotatable bonds is 4. The predicted molar refractivity (Wildman–Crippen MR) is 97.1 cm³/mol. The van der Waals surface area contributed by atoms with Gasteiger partial charge in [-0.05, 0) is 39.3 Å². The Hall–Kier alpha value is -1.87. The molecule has 0 bridgehead atoms. The Balaban J connectivity index is 0. The number of hydrogen-bond donors (Lipinski definition) is 1. The van der Waals surface area contributed by atoms with Crippen molar-refractivity contribution in [3.05, 3.63) is 0 Å². The molecule has 0 spiro atoms. The van der Waals surface area contributed by atoms with E-state index in [-0.39, 0.29) is 29.7 Å². The first-order chi connectivity index (χ1) is 11.2. The number of nitrogens with zero attached hydrogens (tertiary/aromatic N) is 2. The van der Waals surface area contributed by atoms with Crippen molar-refractivity contribution in [1.29, 1.82) is 0 Å². The molecule has 0 radical (unpaired) electrons. The summed E-state index contributed by atoms with van der Waals surface area (Å²) in [5.41, 5.74) is 5.16. The zero-order valence-corrected chi connectivity index (χ0v) is 16.1. The zero-order valence-electron chi connectivity index (χ0n) is 16.1. The van der Waals surface area contributed by atoms with Crippen LogP contribution < -0.4 is 5.73 Å². The number of carbonyl (C=O) groups is 3. The van der Waals surface area contributed by atoms with Crippen molar-refractivity contribution in [1.82, 2.24) is 9.80 Å². The third-order valence-corrected chi connectivity index (χ3v) is 3.42. The molecule has 1 fully saturated rings. The smallest absolute Gasteiger partial charge is 0.298 e. The molecule has 2 atom stereocenters. The van der Waals surface area contributed by atoms with Crippen LogP contribution in [0.3, 0.4) is 0 Å². The van der Waals surface area contributed by atoms with Crippen LogP contribution in [0.5, 0.6) is 0 Å². The monoisotopic (exact) mass is 339 g/mol. The minimum atomic E-state index is -0.250. The van der Waals surface area contributed by atoms with Crippen molar-refractivity contribution in [3.63, 3.8) is 0 Å². The van der Waals surface area contributed by atoms with Crippen molar-refractivity contribution < 1.29 is 14.4 Å². The molecule has 0 aromatic heterocycles. The quantitative estimate of drug-likeness (QED) is 0.615. The lowest BCUT2D eigenvalue weighted by Gasteiger charge is -2.24. The molecule has 1 rings (SSSR count). The fraction of sp³-hybridized carbons (Fsp3) is 0.722. The van der Waals surface area contributed by atoms with Crippen LogP contribution in [-0.4, -0.2) is 61.1 Å². The fourth-order valence-electron chi connectivity index (χ4n) is 2.45. The molecule has 1 heterocycles. The molecule has 0 aliphatic carbocycles. The van der Waals surface area contributed by atoms with E-state index in [1.165, 1.54) is 0 Å². The molecular weight excluding hydrogens is 306 g/mol. The fourth-order valence-corrected chi connectivity index (χ4v) is 2.45. The second-order valence-electron chi connectivity index (χ2n) is 5.87. The molecule has 0 aromatic rings. The number of carbonyl (C=O) groups excluding carboxylic acids is 3. The first kappa shape index (κ1) is 24.4. The lowest BCUT2D eigenvalue weighted by Crippen LogP contribution is -2.43. The largest absolute Gasteiger partial charge is 0.368 e. The summed E-state index contributed by atoms with van der Waals surface area (Å²) in [6.07, 6.45) is 1.69. The summed E-state index contributed by atoms with van der Waals surface area (Å²) in [4.78, 5) is 35.7. The normalized spacial score (nSPS) is 16.9. The van der Waals surface area contributed by atoms with E-state index in [0.717, 1.165) is 12.7 Å². The van der Waals surface area contributed by atoms with Gasteiger partial charge < -0.3 is 15.4 Å². The highest BCUT2D eigenvalue weighted by Crippen LogP contribution is 2.13. The third-order valence-electron chi connectivity index (χ3n) is 3.42. The van der Waals surface area contributed by atoms with Crippen LogP contribution in [0.1, 0.15) is 41.0 Å². The van der Waals surface area contributed by atoms with Crippen LogP contribution in [0.2, 0.25) is 0 Å². The van der Waals surface area contributed by atoms with E-state index >= 15 is 0 Å². The Bertz CT molecular complexity index is 442. The van der Waals surface area contributed by atoms with Crippen molar-refractivity contribution in [2.45, 2.75) is 47.1 Å². The van der Waals surface area contributed by atoms with E-state index in [1.54, 1.807) is 11.8 Å². The highest BCUT2D eigenvalue weighted by Gasteiger charge is 2.24. The molecule has 6 heteroatoms. The van der Waals surface area contributed by atoms with Gasteiger partial charge in [0.05, 0.1) is 6.04 Å². The number of primary amides is 1. The zero-order chi connectivity index (χ0) is 19.3. The number of hydrogen-bond acceptors (Lipinski definition) is 4. The highest BCUT2D eigenvalue weighted by molar-refractivity contribution is 5.93. The summed E-state index contributed by atoms with van der Waals surface area (Å²) in [7, 11) is 3.71. The Labute approximate surface area is 146 Å². The van der Waals surface area contributed by atoms with E-state index in [1.807, 2.05) is 46.7 Å². The van der Waals surface area contributed by atoms with Gasteiger partial charge in [0, 0.05) is 19.0 Å². The van der Waals surface area contributed by atoms with E-state index in [4.69, 9.17) is 5.73 Å². The highest BCUT2D eigenvalue weighted by atomic mass is 16.2. The van der Waals surface area contributed by atoms with Crippen molar-refractivity contribution in [3.8, 4) is 11.8 Å². The van der Waals surface area contributed by atoms with Gasteiger partial charge in [-0.25, -0.2) is 0 Å². The molecule has 2 N–H and O–H groups in total. The predicted octanol–water partition coefficient (Wildman–Crippen LogP) is 1.14. The van der Waals surface area contributed by atoms with Gasteiger partial charge in [-0.1, -0.05) is 33.6 Å². The topological polar surface area (TPSA) is 83.7 Å². The molecule has 24 heavy (non-hydrogen) atoms. The van der Waals surface area contributed by atoms with Crippen LogP contribution in [0, 0.1) is 23.7 Å². The van der Waals surface area contributed by atoms with E-state index in [2.05, 4.69) is 11.8 Å². The number of likely N-dealkylation sites (N-methyl/N-ethyl adjacent to an activating group) is 1. The van der Waals surface area contributed by atoms with Gasteiger partial charge in [-0.15, -0.1) is 0 Å². The molecule has 0 saturated carbocycles. The molecule has 1 aliphatic heterocycles. The number of aldehydes is 1. The Kier molecular flexibility index (Phi) is 13.8. The van der Waals surface area contributed by atoms with Crippen LogP contribution in [0.15, 0.2) is 0 Å². The van der Waals surface area contributed by atoms with Gasteiger partial charge in [0.25, 0.3) is 5.91 Å². The van der Waals surface area contributed by atoms with E-state index in [9.17, 15) is 14.4 Å². The number of likely N-dealkylation sites (tertiary alicyclic amines) is 1. The van der Waals surface area contributed by atoms with Gasteiger partial charge >= 0.3 is 0 Å². The Morgan fingerprint density at radius 3 is 2.08 bits per heavy atom. The lowest BCUT2D eigenvalue weighted by atomic mass is 10.0. The summed E-state index contributed by atoms with van der Waals surface area (Å²) >= 11 is 0. The van der Waals surface area contributed by atoms with Crippen molar-refractivity contribution >= 4 is 18.1 Å².